The van der Waals surface area contributed by atoms with E-state index >= 15 is 0 Å². The maximum absolute atomic E-state index is 12.7. The summed E-state index contributed by atoms with van der Waals surface area (Å²) in [6.45, 7) is 7.84. The van der Waals surface area contributed by atoms with E-state index in [-0.39, 0.29) is 0 Å². The minimum Gasteiger partial charge on any atom is -0.303 e. The molecule has 0 spiro atoms. The summed E-state index contributed by atoms with van der Waals surface area (Å²) >= 11 is 0. The average Bonchev–Trinajstić information content (AvgIpc) is 3.40. The van der Waals surface area contributed by atoms with Crippen molar-refractivity contribution >= 4 is 0 Å². The zero-order valence-corrected chi connectivity index (χ0v) is 21.6. The summed E-state index contributed by atoms with van der Waals surface area (Å²) in [6.07, 6.45) is 2.27. The van der Waals surface area contributed by atoms with E-state index in [1.54, 1.807) is 12.1 Å². The van der Waals surface area contributed by atoms with Crippen LogP contribution >= 0.6 is 0 Å². The predicted octanol–water partition coefficient (Wildman–Crippen LogP) is 8.34. The summed E-state index contributed by atoms with van der Waals surface area (Å²) in [5.74, 6) is 0.390. The lowest BCUT2D eigenvalue weighted by molar-refractivity contribution is -0.127. The molecular formula is C33H38F3N. The molecule has 1 unspecified atom stereocenters. The quantitative estimate of drug-likeness (QED) is 0.224. The molecule has 4 rings (SSSR count). The monoisotopic (exact) mass is 505 g/mol. The minimum atomic E-state index is -4.18. The van der Waals surface area contributed by atoms with E-state index < -0.39 is 12.6 Å². The number of halogens is 3. The zero-order valence-electron chi connectivity index (χ0n) is 21.6. The van der Waals surface area contributed by atoms with Gasteiger partial charge in [0.2, 0.25) is 0 Å². The molecule has 0 aliphatic carbocycles. The van der Waals surface area contributed by atoms with Crippen LogP contribution in [0.15, 0.2) is 91.0 Å². The first kappa shape index (κ1) is 27.2. The minimum absolute atomic E-state index is 0.303. The van der Waals surface area contributed by atoms with Crippen LogP contribution in [-0.2, 0) is 25.7 Å². The second-order valence-electron chi connectivity index (χ2n) is 10.5. The van der Waals surface area contributed by atoms with Crippen molar-refractivity contribution in [3.05, 3.63) is 119 Å². The smallest absolute Gasteiger partial charge is 0.303 e. The van der Waals surface area contributed by atoms with Crippen LogP contribution in [0.3, 0.4) is 0 Å². The van der Waals surface area contributed by atoms with E-state index in [0.29, 0.717) is 17.9 Å². The van der Waals surface area contributed by atoms with Gasteiger partial charge >= 0.3 is 6.18 Å². The van der Waals surface area contributed by atoms with E-state index in [2.05, 4.69) is 66.1 Å². The number of hydrogen-bond donors (Lipinski definition) is 0. The molecule has 0 saturated carbocycles. The van der Waals surface area contributed by atoms with Crippen molar-refractivity contribution in [2.75, 3.05) is 19.6 Å². The first-order valence-electron chi connectivity index (χ1n) is 13.5. The van der Waals surface area contributed by atoms with E-state index in [4.69, 9.17) is 0 Å². The second kappa shape index (κ2) is 13.1. The fourth-order valence-corrected chi connectivity index (χ4v) is 5.34. The van der Waals surface area contributed by atoms with Gasteiger partial charge in [-0.25, -0.2) is 0 Å². The lowest BCUT2D eigenvalue weighted by atomic mass is 9.86. The molecule has 1 nitrogen and oxygen atoms in total. The third-order valence-electron chi connectivity index (χ3n) is 7.41. The fourth-order valence-electron chi connectivity index (χ4n) is 5.34. The van der Waals surface area contributed by atoms with Gasteiger partial charge in [0, 0.05) is 0 Å². The highest BCUT2D eigenvalue weighted by molar-refractivity contribution is 5.30. The SMILES string of the molecule is C=C(Cc1ccc(CC(F)(F)F)cc1)CC(CCN1CCCC1)c1ccc(CCc2ccccc2)cc1. The van der Waals surface area contributed by atoms with Crippen molar-refractivity contribution < 1.29 is 13.2 Å². The number of rotatable bonds is 12. The number of aryl methyl sites for hydroxylation is 2. The molecule has 1 aliphatic heterocycles. The first-order valence-corrected chi connectivity index (χ1v) is 13.5. The molecule has 3 aromatic carbocycles. The molecule has 196 valence electrons. The van der Waals surface area contributed by atoms with E-state index in [1.807, 2.05) is 12.1 Å². The highest BCUT2D eigenvalue weighted by Gasteiger charge is 2.27. The van der Waals surface area contributed by atoms with Gasteiger partial charge in [0.1, 0.15) is 0 Å². The van der Waals surface area contributed by atoms with Gasteiger partial charge in [-0.2, -0.15) is 13.2 Å². The molecule has 0 radical (unpaired) electrons. The van der Waals surface area contributed by atoms with Crippen LogP contribution in [0.2, 0.25) is 0 Å². The van der Waals surface area contributed by atoms with E-state index in [1.165, 1.54) is 42.6 Å². The van der Waals surface area contributed by atoms with Gasteiger partial charge in [-0.1, -0.05) is 91.0 Å². The molecule has 0 N–H and O–H groups in total. The Balaban J connectivity index is 1.37. The summed E-state index contributed by atoms with van der Waals surface area (Å²) in [5.41, 5.74) is 6.51. The number of benzene rings is 3. The van der Waals surface area contributed by atoms with Gasteiger partial charge in [-0.3, -0.25) is 0 Å². The number of alkyl halides is 3. The maximum Gasteiger partial charge on any atom is 0.393 e. The third kappa shape index (κ3) is 9.19. The van der Waals surface area contributed by atoms with Gasteiger partial charge in [0.15, 0.2) is 0 Å². The number of nitrogens with zero attached hydrogens (tertiary/aromatic N) is 1. The van der Waals surface area contributed by atoms with Crippen molar-refractivity contribution in [2.45, 2.75) is 63.5 Å². The number of likely N-dealkylation sites (tertiary alicyclic amines) is 1. The van der Waals surface area contributed by atoms with Crippen LogP contribution in [0.25, 0.3) is 0 Å². The molecule has 0 amide bonds. The average molecular weight is 506 g/mol. The Bertz CT molecular complexity index is 1100. The standard InChI is InChI=1S/C33H38F3N/c1-26(23-29-11-13-30(14-12-29)25-33(34,35)36)24-32(19-22-37-20-5-6-21-37)31-17-15-28(16-18-31)10-9-27-7-3-2-4-8-27/h2-4,7-8,11-18,32H,1,5-6,9-10,19-25H2. The largest absolute Gasteiger partial charge is 0.393 e. The van der Waals surface area contributed by atoms with Crippen LogP contribution in [0.5, 0.6) is 0 Å². The van der Waals surface area contributed by atoms with Crippen LogP contribution in [0.4, 0.5) is 13.2 Å². The molecule has 1 heterocycles. The molecule has 37 heavy (non-hydrogen) atoms. The molecule has 1 atom stereocenters. The lowest BCUT2D eigenvalue weighted by Gasteiger charge is -2.23. The van der Waals surface area contributed by atoms with E-state index in [9.17, 15) is 13.2 Å². The van der Waals surface area contributed by atoms with Gasteiger partial charge in [-0.15, -0.1) is 0 Å². The van der Waals surface area contributed by atoms with Crippen molar-refractivity contribution in [2.24, 2.45) is 0 Å². The number of hydrogen-bond acceptors (Lipinski definition) is 1. The lowest BCUT2D eigenvalue weighted by Crippen LogP contribution is -2.22. The fraction of sp³-hybridized carbons (Fsp3) is 0.394. The highest BCUT2D eigenvalue weighted by Crippen LogP contribution is 2.30. The van der Waals surface area contributed by atoms with Gasteiger partial charge in [0.25, 0.3) is 0 Å². The van der Waals surface area contributed by atoms with Gasteiger partial charge in [0.05, 0.1) is 6.42 Å². The maximum atomic E-state index is 12.7. The Morgan fingerprint density at radius 1 is 0.757 bits per heavy atom. The number of allylic oxidation sites excluding steroid dienone is 1. The topological polar surface area (TPSA) is 3.24 Å². The molecule has 3 aromatic rings. The van der Waals surface area contributed by atoms with Crippen molar-refractivity contribution in [1.29, 1.82) is 0 Å². The summed E-state index contributed by atoms with van der Waals surface area (Å²) in [6, 6.07) is 26.5. The van der Waals surface area contributed by atoms with Crippen LogP contribution in [0.1, 0.15) is 59.4 Å². The Labute approximate surface area is 220 Å². The predicted molar refractivity (Wildman–Crippen MR) is 147 cm³/mol. The summed E-state index contributed by atoms with van der Waals surface area (Å²) in [5, 5.41) is 0. The van der Waals surface area contributed by atoms with Gasteiger partial charge < -0.3 is 4.90 Å². The Morgan fingerprint density at radius 3 is 1.95 bits per heavy atom. The van der Waals surface area contributed by atoms with Crippen LogP contribution < -0.4 is 0 Å². The molecular weight excluding hydrogens is 467 g/mol. The summed E-state index contributed by atoms with van der Waals surface area (Å²) in [4.78, 5) is 2.56. The summed E-state index contributed by atoms with van der Waals surface area (Å²) < 4.78 is 38.0. The van der Waals surface area contributed by atoms with Crippen LogP contribution in [-0.4, -0.2) is 30.7 Å². The Hall–Kier alpha value is -2.85. The Morgan fingerprint density at radius 2 is 1.32 bits per heavy atom. The van der Waals surface area contributed by atoms with Crippen LogP contribution in [0, 0.1) is 0 Å². The first-order chi connectivity index (χ1) is 17.8. The zero-order chi connectivity index (χ0) is 26.1. The molecule has 4 heteroatoms. The summed E-state index contributed by atoms with van der Waals surface area (Å²) in [7, 11) is 0. The normalized spacial score (nSPS) is 15.1. The van der Waals surface area contributed by atoms with Crippen molar-refractivity contribution in [1.82, 2.24) is 4.90 Å². The van der Waals surface area contributed by atoms with Crippen molar-refractivity contribution in [3.63, 3.8) is 0 Å². The third-order valence-corrected chi connectivity index (χ3v) is 7.41. The Kier molecular flexibility index (Phi) is 9.62. The molecule has 1 fully saturated rings. The van der Waals surface area contributed by atoms with E-state index in [0.717, 1.165) is 43.4 Å². The molecule has 1 saturated heterocycles. The molecule has 1 aliphatic rings. The second-order valence-corrected chi connectivity index (χ2v) is 10.5. The highest BCUT2D eigenvalue weighted by atomic mass is 19.4. The molecule has 0 bridgehead atoms. The van der Waals surface area contributed by atoms with Gasteiger partial charge in [-0.05, 0) is 98.3 Å². The molecule has 0 aromatic heterocycles. The van der Waals surface area contributed by atoms with Crippen molar-refractivity contribution in [3.8, 4) is 0 Å².